The van der Waals surface area contributed by atoms with Crippen LogP contribution in [0.5, 0.6) is 0 Å². The van der Waals surface area contributed by atoms with Gasteiger partial charge in [-0.25, -0.2) is 9.07 Å². The van der Waals surface area contributed by atoms with E-state index in [-0.39, 0.29) is 11.9 Å². The molecule has 1 atom stereocenters. The first-order chi connectivity index (χ1) is 12.7. The third-order valence-electron chi connectivity index (χ3n) is 4.79. The van der Waals surface area contributed by atoms with Gasteiger partial charge in [0.2, 0.25) is 0 Å². The fraction of sp³-hybridized carbons (Fsp3) is 0.389. The second kappa shape index (κ2) is 7.61. The Morgan fingerprint density at radius 3 is 2.65 bits per heavy atom. The molecule has 136 valence electrons. The largest absolute Gasteiger partial charge is 0.304 e. The molecule has 1 fully saturated rings. The maximum absolute atomic E-state index is 14.7. The molecular weight excluding hydrogens is 351 g/mol. The van der Waals surface area contributed by atoms with Gasteiger partial charge in [0, 0.05) is 36.6 Å². The van der Waals surface area contributed by atoms with E-state index in [9.17, 15) is 4.39 Å². The summed E-state index contributed by atoms with van der Waals surface area (Å²) in [5.41, 5.74) is 0.624. The number of aromatic nitrogens is 4. The first kappa shape index (κ1) is 17.3. The molecule has 0 radical (unpaired) electrons. The molecule has 0 amide bonds. The predicted molar refractivity (Wildman–Crippen MR) is 98.6 cm³/mol. The van der Waals surface area contributed by atoms with Crippen LogP contribution in [0.1, 0.15) is 22.3 Å². The van der Waals surface area contributed by atoms with Crippen molar-refractivity contribution in [3.05, 3.63) is 63.9 Å². The summed E-state index contributed by atoms with van der Waals surface area (Å²) in [6.07, 6.45) is 0. The van der Waals surface area contributed by atoms with Gasteiger partial charge in [-0.2, -0.15) is 0 Å². The number of hydrogen-bond donors (Lipinski definition) is 0. The highest BCUT2D eigenvalue weighted by molar-refractivity contribution is 7.09. The number of likely N-dealkylation sites (N-methyl/N-ethyl adjacent to an activating group) is 1. The Morgan fingerprint density at radius 2 is 1.92 bits per heavy atom. The minimum atomic E-state index is -0.292. The first-order valence-corrected chi connectivity index (χ1v) is 9.56. The highest BCUT2D eigenvalue weighted by Gasteiger charge is 2.31. The van der Waals surface area contributed by atoms with E-state index < -0.39 is 0 Å². The van der Waals surface area contributed by atoms with E-state index in [1.807, 2.05) is 23.6 Å². The van der Waals surface area contributed by atoms with Gasteiger partial charge in [0.15, 0.2) is 5.82 Å². The average Bonchev–Trinajstić information content (AvgIpc) is 3.31. The van der Waals surface area contributed by atoms with Crippen molar-refractivity contribution in [2.24, 2.45) is 0 Å². The van der Waals surface area contributed by atoms with Crippen LogP contribution in [0.15, 0.2) is 41.8 Å². The molecule has 0 unspecified atom stereocenters. The Morgan fingerprint density at radius 1 is 1.12 bits per heavy atom. The summed E-state index contributed by atoms with van der Waals surface area (Å²) in [5, 5.41) is 14.4. The van der Waals surface area contributed by atoms with E-state index in [1.54, 1.807) is 22.1 Å². The second-order valence-corrected chi connectivity index (χ2v) is 7.57. The van der Waals surface area contributed by atoms with Crippen LogP contribution in [0.3, 0.4) is 0 Å². The number of hydrogen-bond acceptors (Lipinski definition) is 6. The van der Waals surface area contributed by atoms with E-state index in [0.717, 1.165) is 26.2 Å². The molecule has 26 heavy (non-hydrogen) atoms. The summed E-state index contributed by atoms with van der Waals surface area (Å²) >= 11 is 1.67. The third kappa shape index (κ3) is 3.53. The van der Waals surface area contributed by atoms with Crippen LogP contribution in [0.2, 0.25) is 0 Å². The van der Waals surface area contributed by atoms with Gasteiger partial charge < -0.3 is 4.90 Å². The predicted octanol–water partition coefficient (Wildman–Crippen LogP) is 2.26. The molecule has 2 aromatic heterocycles. The van der Waals surface area contributed by atoms with Crippen LogP contribution in [-0.2, 0) is 6.54 Å². The minimum Gasteiger partial charge on any atom is -0.304 e. The number of piperazine rings is 1. The van der Waals surface area contributed by atoms with Crippen molar-refractivity contribution in [1.82, 2.24) is 30.0 Å². The van der Waals surface area contributed by atoms with Gasteiger partial charge >= 0.3 is 0 Å². The summed E-state index contributed by atoms with van der Waals surface area (Å²) in [4.78, 5) is 5.72. The van der Waals surface area contributed by atoms with Crippen molar-refractivity contribution >= 4 is 11.3 Å². The number of tetrazole rings is 1. The zero-order valence-electron chi connectivity index (χ0n) is 14.6. The molecule has 6 nitrogen and oxygen atoms in total. The van der Waals surface area contributed by atoms with Crippen LogP contribution < -0.4 is 0 Å². The van der Waals surface area contributed by atoms with E-state index in [1.165, 1.54) is 10.9 Å². The van der Waals surface area contributed by atoms with Crippen molar-refractivity contribution in [3.8, 4) is 0 Å². The maximum atomic E-state index is 14.7. The molecule has 0 spiro atoms. The van der Waals surface area contributed by atoms with E-state index in [4.69, 9.17) is 0 Å². The molecule has 1 aromatic carbocycles. The number of thiophene rings is 1. The SMILES string of the molecule is CN1CCN([C@H](c2ccccc2F)c2nnnn2Cc2cccs2)CC1. The van der Waals surface area contributed by atoms with Gasteiger partial charge in [-0.05, 0) is 35.0 Å². The van der Waals surface area contributed by atoms with Crippen molar-refractivity contribution in [1.29, 1.82) is 0 Å². The lowest BCUT2D eigenvalue weighted by atomic mass is 10.0. The Kier molecular flexibility index (Phi) is 5.05. The minimum absolute atomic E-state index is 0.220. The van der Waals surface area contributed by atoms with Crippen molar-refractivity contribution in [3.63, 3.8) is 0 Å². The van der Waals surface area contributed by atoms with Gasteiger partial charge in [-0.15, -0.1) is 16.4 Å². The van der Waals surface area contributed by atoms with Crippen molar-refractivity contribution in [2.45, 2.75) is 12.6 Å². The van der Waals surface area contributed by atoms with Crippen molar-refractivity contribution < 1.29 is 4.39 Å². The maximum Gasteiger partial charge on any atom is 0.173 e. The summed E-state index contributed by atoms with van der Waals surface area (Å²) in [6, 6.07) is 10.7. The number of benzene rings is 1. The Bertz CT molecular complexity index is 841. The molecule has 0 N–H and O–H groups in total. The van der Waals surface area contributed by atoms with Gasteiger partial charge in [-0.1, -0.05) is 24.3 Å². The lowest BCUT2D eigenvalue weighted by Crippen LogP contribution is -2.47. The Hall–Kier alpha value is -2.16. The van der Waals surface area contributed by atoms with Gasteiger partial charge in [0.05, 0.1) is 6.54 Å². The quantitative estimate of drug-likeness (QED) is 0.688. The van der Waals surface area contributed by atoms with Gasteiger partial charge in [-0.3, -0.25) is 4.90 Å². The number of nitrogens with zero attached hydrogens (tertiary/aromatic N) is 6. The average molecular weight is 372 g/mol. The molecule has 0 aliphatic carbocycles. The Labute approximate surface area is 155 Å². The van der Waals surface area contributed by atoms with Crippen LogP contribution in [0, 0.1) is 5.82 Å². The zero-order chi connectivity index (χ0) is 17.9. The lowest BCUT2D eigenvalue weighted by molar-refractivity contribution is 0.120. The zero-order valence-corrected chi connectivity index (χ0v) is 15.4. The molecule has 0 bridgehead atoms. The lowest BCUT2D eigenvalue weighted by Gasteiger charge is -2.37. The molecule has 1 saturated heterocycles. The summed E-state index contributed by atoms with van der Waals surface area (Å²) in [6.45, 7) is 4.18. The molecule has 8 heteroatoms. The number of halogens is 1. The molecule has 3 aromatic rings. The number of rotatable bonds is 5. The topological polar surface area (TPSA) is 50.1 Å². The molecule has 0 saturated carbocycles. The van der Waals surface area contributed by atoms with Crippen LogP contribution >= 0.6 is 11.3 Å². The summed E-state index contributed by atoms with van der Waals surface area (Å²) in [5.74, 6) is 0.468. The third-order valence-corrected chi connectivity index (χ3v) is 5.65. The molecule has 4 rings (SSSR count). The van der Waals surface area contributed by atoms with Gasteiger partial charge in [0.25, 0.3) is 0 Å². The second-order valence-electron chi connectivity index (χ2n) is 6.54. The monoisotopic (exact) mass is 372 g/mol. The summed E-state index contributed by atoms with van der Waals surface area (Å²) in [7, 11) is 2.11. The van der Waals surface area contributed by atoms with Crippen molar-refractivity contribution in [2.75, 3.05) is 33.2 Å². The molecular formula is C18H21FN6S. The van der Waals surface area contributed by atoms with Crippen LogP contribution in [0.25, 0.3) is 0 Å². The Balaban J connectivity index is 1.72. The van der Waals surface area contributed by atoms with Gasteiger partial charge in [0.1, 0.15) is 11.9 Å². The van der Waals surface area contributed by atoms with Crippen LogP contribution in [0.4, 0.5) is 4.39 Å². The highest BCUT2D eigenvalue weighted by Crippen LogP contribution is 2.30. The normalized spacial score (nSPS) is 17.5. The van der Waals surface area contributed by atoms with Crippen LogP contribution in [-0.4, -0.2) is 63.2 Å². The smallest absolute Gasteiger partial charge is 0.173 e. The fourth-order valence-electron chi connectivity index (χ4n) is 3.35. The standard InChI is InChI=1S/C18H21FN6S/c1-23-8-10-24(11-9-23)17(15-6-2-3-7-16(15)19)18-20-21-22-25(18)13-14-5-4-12-26-14/h2-7,12,17H,8-11,13H2,1H3/t17-/m1/s1. The van der Waals surface area contributed by atoms with E-state index >= 15 is 0 Å². The molecule has 1 aliphatic heterocycles. The fourth-order valence-corrected chi connectivity index (χ4v) is 4.03. The molecule has 1 aliphatic rings. The molecule has 3 heterocycles. The van der Waals surface area contributed by atoms with E-state index in [2.05, 4.69) is 38.4 Å². The first-order valence-electron chi connectivity index (χ1n) is 8.68. The summed E-state index contributed by atoms with van der Waals surface area (Å²) < 4.78 is 16.5. The van der Waals surface area contributed by atoms with E-state index in [0.29, 0.717) is 17.9 Å². The highest BCUT2D eigenvalue weighted by atomic mass is 32.1.